The van der Waals surface area contributed by atoms with Crippen molar-refractivity contribution in [1.82, 2.24) is 10.9 Å². The van der Waals surface area contributed by atoms with Gasteiger partial charge in [-0.3, -0.25) is 25.2 Å². The first-order valence-corrected chi connectivity index (χ1v) is 8.63. The summed E-state index contributed by atoms with van der Waals surface area (Å²) in [5.41, 5.74) is 8.25. The second-order valence-electron chi connectivity index (χ2n) is 6.15. The van der Waals surface area contributed by atoms with Gasteiger partial charge in [0.25, 0.3) is 5.91 Å². The van der Waals surface area contributed by atoms with Gasteiger partial charge in [-0.2, -0.15) is 0 Å². The normalized spacial score (nSPS) is 10.4. The van der Waals surface area contributed by atoms with Gasteiger partial charge in [0.15, 0.2) is 0 Å². The molecule has 3 amide bonds. The highest BCUT2D eigenvalue weighted by Crippen LogP contribution is 2.16. The van der Waals surface area contributed by atoms with E-state index in [4.69, 9.17) is 0 Å². The average Bonchev–Trinajstić information content (AvgIpc) is 2.66. The number of carbonyl (C=O) groups is 3. The summed E-state index contributed by atoms with van der Waals surface area (Å²) >= 11 is 0. The number of hydrazine groups is 1. The predicted molar refractivity (Wildman–Crippen MR) is 106 cm³/mol. The number of nitrogens with one attached hydrogen (secondary N) is 3. The number of aryl methyl sites for hydroxylation is 2. The molecule has 0 fully saturated rings. The molecule has 0 aliphatic carbocycles. The van der Waals surface area contributed by atoms with E-state index in [1.807, 2.05) is 62.4 Å². The maximum absolute atomic E-state index is 12.0. The van der Waals surface area contributed by atoms with Gasteiger partial charge in [-0.1, -0.05) is 48.0 Å². The monoisotopic (exact) mass is 365 g/mol. The van der Waals surface area contributed by atoms with Gasteiger partial charge in [-0.05, 0) is 37.1 Å². The van der Waals surface area contributed by atoms with Gasteiger partial charge < -0.3 is 5.32 Å². The summed E-state index contributed by atoms with van der Waals surface area (Å²) in [5.74, 6) is -1.15. The molecule has 2 aromatic rings. The molecule has 0 saturated heterocycles. The third-order valence-electron chi connectivity index (χ3n) is 3.79. The Balaban J connectivity index is 1.70. The Bertz CT molecular complexity index is 845. The minimum Gasteiger partial charge on any atom is -0.326 e. The highest BCUT2D eigenvalue weighted by molar-refractivity contribution is 5.95. The first kappa shape index (κ1) is 19.9. The third kappa shape index (κ3) is 7.15. The van der Waals surface area contributed by atoms with Crippen LogP contribution in [0.3, 0.4) is 0 Å². The second-order valence-corrected chi connectivity index (χ2v) is 6.15. The zero-order valence-corrected chi connectivity index (χ0v) is 15.4. The van der Waals surface area contributed by atoms with E-state index in [9.17, 15) is 14.4 Å². The second kappa shape index (κ2) is 9.91. The molecule has 6 heteroatoms. The average molecular weight is 365 g/mol. The van der Waals surface area contributed by atoms with Crippen molar-refractivity contribution in [2.45, 2.75) is 26.7 Å². The molecule has 140 valence electrons. The topological polar surface area (TPSA) is 87.3 Å². The van der Waals surface area contributed by atoms with Crippen LogP contribution in [-0.2, 0) is 14.4 Å². The van der Waals surface area contributed by atoms with E-state index < -0.39 is 11.8 Å². The molecule has 3 N–H and O–H groups in total. The molecule has 0 saturated carbocycles. The number of hydrogen-bond donors (Lipinski definition) is 3. The van der Waals surface area contributed by atoms with Crippen LogP contribution in [0.15, 0.2) is 54.6 Å². The van der Waals surface area contributed by atoms with Crippen LogP contribution in [-0.4, -0.2) is 17.7 Å². The minimum absolute atomic E-state index is 0.0227. The molecule has 2 rings (SSSR count). The Morgan fingerprint density at radius 3 is 2.30 bits per heavy atom. The molecule has 2 aromatic carbocycles. The van der Waals surface area contributed by atoms with Crippen LogP contribution in [0.25, 0.3) is 6.08 Å². The molecule has 0 heterocycles. The van der Waals surface area contributed by atoms with Crippen molar-refractivity contribution in [2.24, 2.45) is 0 Å². The van der Waals surface area contributed by atoms with Gasteiger partial charge in [0.05, 0.1) is 0 Å². The molecule has 0 atom stereocenters. The van der Waals surface area contributed by atoms with E-state index in [0.717, 1.165) is 22.4 Å². The lowest BCUT2D eigenvalue weighted by molar-refractivity contribution is -0.128. The Kier molecular flexibility index (Phi) is 7.31. The first-order valence-electron chi connectivity index (χ1n) is 8.63. The van der Waals surface area contributed by atoms with Crippen LogP contribution in [0.4, 0.5) is 5.69 Å². The lowest BCUT2D eigenvalue weighted by atomic mass is 10.1. The van der Waals surface area contributed by atoms with Gasteiger partial charge >= 0.3 is 0 Å². The fourth-order valence-electron chi connectivity index (χ4n) is 2.37. The van der Waals surface area contributed by atoms with E-state index in [1.165, 1.54) is 6.08 Å². The lowest BCUT2D eigenvalue weighted by Crippen LogP contribution is -2.41. The summed E-state index contributed by atoms with van der Waals surface area (Å²) in [6, 6.07) is 15.0. The van der Waals surface area contributed by atoms with Crippen LogP contribution < -0.4 is 16.2 Å². The van der Waals surface area contributed by atoms with Crippen molar-refractivity contribution in [3.63, 3.8) is 0 Å². The van der Waals surface area contributed by atoms with E-state index in [0.29, 0.717) is 0 Å². The van der Waals surface area contributed by atoms with E-state index >= 15 is 0 Å². The number of hydrogen-bond acceptors (Lipinski definition) is 3. The summed E-state index contributed by atoms with van der Waals surface area (Å²) in [6.07, 6.45) is 2.95. The van der Waals surface area contributed by atoms with E-state index in [-0.39, 0.29) is 18.7 Å². The van der Waals surface area contributed by atoms with Crippen LogP contribution >= 0.6 is 0 Å². The van der Waals surface area contributed by atoms with Crippen LogP contribution in [0.2, 0.25) is 0 Å². The van der Waals surface area contributed by atoms with Crippen LogP contribution in [0.5, 0.6) is 0 Å². The fraction of sp³-hybridized carbons (Fsp3) is 0.190. The molecule has 0 radical (unpaired) electrons. The molecule has 0 aliphatic rings. The highest BCUT2D eigenvalue weighted by Gasteiger charge is 2.09. The van der Waals surface area contributed by atoms with Crippen molar-refractivity contribution < 1.29 is 14.4 Å². The number of carbonyl (C=O) groups excluding carboxylic acids is 3. The molecule has 0 unspecified atom stereocenters. The molecule has 27 heavy (non-hydrogen) atoms. The van der Waals surface area contributed by atoms with E-state index in [1.54, 1.807) is 6.08 Å². The predicted octanol–water partition coefficient (Wildman–Crippen LogP) is 2.88. The van der Waals surface area contributed by atoms with Gasteiger partial charge in [0, 0.05) is 24.6 Å². The quantitative estimate of drug-likeness (QED) is 0.543. The minimum atomic E-state index is -0.452. The zero-order chi connectivity index (χ0) is 19.6. The van der Waals surface area contributed by atoms with Crippen LogP contribution in [0, 0.1) is 13.8 Å². The summed E-state index contributed by atoms with van der Waals surface area (Å²) < 4.78 is 0. The van der Waals surface area contributed by atoms with Crippen molar-refractivity contribution in [1.29, 1.82) is 0 Å². The number of benzene rings is 2. The zero-order valence-electron chi connectivity index (χ0n) is 15.4. The highest BCUT2D eigenvalue weighted by atomic mass is 16.2. The number of amides is 3. The summed E-state index contributed by atoms with van der Waals surface area (Å²) in [6.45, 7) is 3.89. The Labute approximate surface area is 158 Å². The van der Waals surface area contributed by atoms with Crippen molar-refractivity contribution >= 4 is 29.5 Å². The Morgan fingerprint density at radius 2 is 1.59 bits per heavy atom. The summed E-state index contributed by atoms with van der Waals surface area (Å²) in [5, 5.41) is 2.78. The Hall–Kier alpha value is -3.41. The number of anilines is 1. The van der Waals surface area contributed by atoms with E-state index in [2.05, 4.69) is 16.2 Å². The lowest BCUT2D eigenvalue weighted by Gasteiger charge is -2.09. The van der Waals surface area contributed by atoms with Crippen molar-refractivity contribution in [3.05, 3.63) is 71.3 Å². The van der Waals surface area contributed by atoms with Crippen molar-refractivity contribution in [2.75, 3.05) is 5.32 Å². The standard InChI is InChI=1S/C21H23N3O3/c1-15-8-10-18(16(2)14-15)22-19(25)12-13-21(27)24-23-20(26)11-9-17-6-4-3-5-7-17/h3-11,14H,12-13H2,1-2H3,(H,22,25)(H,23,26)(H,24,27)/b11-9+. The SMILES string of the molecule is Cc1ccc(NC(=O)CCC(=O)NNC(=O)/C=C/c2ccccc2)c(C)c1. The maximum atomic E-state index is 12.0. The van der Waals surface area contributed by atoms with Crippen LogP contribution in [0.1, 0.15) is 29.5 Å². The third-order valence-corrected chi connectivity index (χ3v) is 3.79. The molecule has 6 nitrogen and oxygen atoms in total. The Morgan fingerprint density at radius 1 is 0.889 bits per heavy atom. The van der Waals surface area contributed by atoms with Gasteiger partial charge in [-0.15, -0.1) is 0 Å². The van der Waals surface area contributed by atoms with Crippen molar-refractivity contribution in [3.8, 4) is 0 Å². The fourth-order valence-corrected chi connectivity index (χ4v) is 2.37. The molecule has 0 aliphatic heterocycles. The smallest absolute Gasteiger partial charge is 0.262 e. The maximum Gasteiger partial charge on any atom is 0.262 e. The first-order chi connectivity index (χ1) is 12.9. The largest absolute Gasteiger partial charge is 0.326 e. The molecular weight excluding hydrogens is 342 g/mol. The van der Waals surface area contributed by atoms with Gasteiger partial charge in [0.2, 0.25) is 11.8 Å². The van der Waals surface area contributed by atoms with Gasteiger partial charge in [0.1, 0.15) is 0 Å². The van der Waals surface area contributed by atoms with Gasteiger partial charge in [-0.25, -0.2) is 0 Å². The summed E-state index contributed by atoms with van der Waals surface area (Å²) in [4.78, 5) is 35.4. The molecule has 0 bridgehead atoms. The molecular formula is C21H23N3O3. The summed E-state index contributed by atoms with van der Waals surface area (Å²) in [7, 11) is 0. The molecule has 0 aromatic heterocycles. The number of rotatable bonds is 6. The molecule has 0 spiro atoms.